The van der Waals surface area contributed by atoms with Crippen molar-refractivity contribution in [1.29, 1.82) is 0 Å². The average molecular weight is 488 g/mol. The summed E-state index contributed by atoms with van der Waals surface area (Å²) in [5, 5.41) is 8.27. The number of hydrogen-bond acceptors (Lipinski definition) is 5. The summed E-state index contributed by atoms with van der Waals surface area (Å²) in [6, 6.07) is 11.6. The number of para-hydroxylation sites is 1. The Kier molecular flexibility index (Phi) is 6.15. The molecule has 1 aliphatic rings. The highest BCUT2D eigenvalue weighted by atomic mass is 32.1. The van der Waals surface area contributed by atoms with E-state index in [1.54, 1.807) is 23.6 Å². The molecule has 0 bridgehead atoms. The van der Waals surface area contributed by atoms with Crippen LogP contribution < -0.4 is 5.32 Å². The summed E-state index contributed by atoms with van der Waals surface area (Å²) in [6.45, 7) is 9.55. The zero-order valence-electron chi connectivity index (χ0n) is 20.5. The molecule has 1 fully saturated rings. The number of amides is 2. The lowest BCUT2D eigenvalue weighted by Gasteiger charge is -2.19. The summed E-state index contributed by atoms with van der Waals surface area (Å²) in [7, 11) is 0. The Morgan fingerprint density at radius 2 is 1.83 bits per heavy atom. The van der Waals surface area contributed by atoms with E-state index in [1.807, 2.05) is 54.6 Å². The SMILES string of the molecule is Cc1ccc(-c2cc(C(=O)Nc3c(C)cccc3C(=O)N3CCCC3)c3cnn(C(C)C)c3n2)s1. The van der Waals surface area contributed by atoms with Gasteiger partial charge < -0.3 is 10.2 Å². The molecule has 2 amide bonds. The summed E-state index contributed by atoms with van der Waals surface area (Å²) in [6.07, 6.45) is 3.73. The van der Waals surface area contributed by atoms with Crippen molar-refractivity contribution in [2.24, 2.45) is 0 Å². The molecule has 1 saturated heterocycles. The van der Waals surface area contributed by atoms with Crippen molar-refractivity contribution in [2.45, 2.75) is 46.6 Å². The first kappa shape index (κ1) is 23.2. The number of carbonyl (C=O) groups excluding carboxylic acids is 2. The van der Waals surface area contributed by atoms with Gasteiger partial charge in [0.05, 0.1) is 39.0 Å². The summed E-state index contributed by atoms with van der Waals surface area (Å²) < 4.78 is 1.84. The maximum Gasteiger partial charge on any atom is 0.256 e. The predicted molar refractivity (Wildman–Crippen MR) is 140 cm³/mol. The van der Waals surface area contributed by atoms with Gasteiger partial charge in [0.15, 0.2) is 5.65 Å². The fourth-order valence-corrected chi connectivity index (χ4v) is 5.39. The van der Waals surface area contributed by atoms with Gasteiger partial charge in [-0.3, -0.25) is 9.59 Å². The second-order valence-electron chi connectivity index (χ2n) is 9.34. The first-order valence-corrected chi connectivity index (χ1v) is 12.8. The zero-order valence-corrected chi connectivity index (χ0v) is 21.3. The van der Waals surface area contributed by atoms with Gasteiger partial charge in [0.2, 0.25) is 0 Å². The van der Waals surface area contributed by atoms with Gasteiger partial charge in [0.25, 0.3) is 11.8 Å². The van der Waals surface area contributed by atoms with Crippen LogP contribution in [0, 0.1) is 13.8 Å². The van der Waals surface area contributed by atoms with E-state index < -0.39 is 0 Å². The van der Waals surface area contributed by atoms with Crippen LogP contribution in [0.3, 0.4) is 0 Å². The molecule has 0 unspecified atom stereocenters. The summed E-state index contributed by atoms with van der Waals surface area (Å²) in [5.41, 5.74) is 3.83. The Morgan fingerprint density at radius 1 is 1.06 bits per heavy atom. The molecule has 7 nitrogen and oxygen atoms in total. The number of aryl methyl sites for hydroxylation is 2. The van der Waals surface area contributed by atoms with Crippen molar-refractivity contribution in [1.82, 2.24) is 19.7 Å². The smallest absolute Gasteiger partial charge is 0.256 e. The molecule has 180 valence electrons. The highest BCUT2D eigenvalue weighted by molar-refractivity contribution is 7.15. The Balaban J connectivity index is 1.59. The van der Waals surface area contributed by atoms with E-state index in [0.717, 1.165) is 42.1 Å². The molecule has 3 aromatic heterocycles. The van der Waals surface area contributed by atoms with E-state index in [0.29, 0.717) is 27.8 Å². The molecule has 4 heterocycles. The third kappa shape index (κ3) is 4.34. The Labute approximate surface area is 208 Å². The van der Waals surface area contributed by atoms with Crippen molar-refractivity contribution >= 4 is 39.9 Å². The summed E-state index contributed by atoms with van der Waals surface area (Å²) >= 11 is 1.64. The lowest BCUT2D eigenvalue weighted by Crippen LogP contribution is -2.29. The highest BCUT2D eigenvalue weighted by Crippen LogP contribution is 2.32. The number of thiophene rings is 1. The summed E-state index contributed by atoms with van der Waals surface area (Å²) in [5.74, 6) is -0.316. The van der Waals surface area contributed by atoms with Gasteiger partial charge in [0, 0.05) is 24.0 Å². The zero-order chi connectivity index (χ0) is 24.7. The van der Waals surface area contributed by atoms with Gasteiger partial charge in [-0.05, 0) is 70.4 Å². The molecule has 0 saturated carbocycles. The maximum absolute atomic E-state index is 13.7. The van der Waals surface area contributed by atoms with Crippen LogP contribution in [0.1, 0.15) is 63.9 Å². The molecule has 1 aromatic carbocycles. The minimum atomic E-state index is -0.278. The minimum absolute atomic E-state index is 0.0382. The predicted octanol–water partition coefficient (Wildman–Crippen LogP) is 5.85. The average Bonchev–Trinajstić information content (AvgIpc) is 3.59. The van der Waals surface area contributed by atoms with Crippen LogP contribution in [-0.2, 0) is 0 Å². The van der Waals surface area contributed by atoms with E-state index in [4.69, 9.17) is 4.98 Å². The second-order valence-corrected chi connectivity index (χ2v) is 10.6. The number of nitrogens with zero attached hydrogens (tertiary/aromatic N) is 4. The Hall–Kier alpha value is -3.52. The number of anilines is 1. The van der Waals surface area contributed by atoms with Gasteiger partial charge >= 0.3 is 0 Å². The van der Waals surface area contributed by atoms with E-state index in [1.165, 1.54) is 4.88 Å². The van der Waals surface area contributed by atoms with Gasteiger partial charge in [0.1, 0.15) is 0 Å². The first-order valence-electron chi connectivity index (χ1n) is 12.0. The topological polar surface area (TPSA) is 80.1 Å². The number of aromatic nitrogens is 3. The molecule has 0 radical (unpaired) electrons. The fourth-order valence-electron chi connectivity index (χ4n) is 4.57. The molecule has 0 aliphatic carbocycles. The van der Waals surface area contributed by atoms with Crippen LogP contribution in [0.15, 0.2) is 42.6 Å². The number of carbonyl (C=O) groups is 2. The summed E-state index contributed by atoms with van der Waals surface area (Å²) in [4.78, 5) is 35.9. The van der Waals surface area contributed by atoms with Crippen molar-refractivity contribution in [3.63, 3.8) is 0 Å². The van der Waals surface area contributed by atoms with Crippen LogP contribution >= 0.6 is 11.3 Å². The number of rotatable bonds is 5. The van der Waals surface area contributed by atoms with Crippen LogP contribution in [0.2, 0.25) is 0 Å². The standard InChI is InChI=1S/C27H29N5O2S/c1-16(2)32-25-21(15-28-32)20(14-22(29-25)23-11-10-18(4)35-23)26(33)30-24-17(3)8-7-9-19(24)27(34)31-12-5-6-13-31/h7-11,14-16H,5-6,12-13H2,1-4H3,(H,30,33). The number of benzene rings is 1. The molecular formula is C27H29N5O2S. The lowest BCUT2D eigenvalue weighted by molar-refractivity contribution is 0.0793. The van der Waals surface area contributed by atoms with Crippen LogP contribution in [0.5, 0.6) is 0 Å². The fraction of sp³-hybridized carbons (Fsp3) is 0.333. The number of hydrogen-bond donors (Lipinski definition) is 1. The normalized spacial score (nSPS) is 13.7. The van der Waals surface area contributed by atoms with E-state index in [2.05, 4.69) is 23.4 Å². The minimum Gasteiger partial charge on any atom is -0.339 e. The van der Waals surface area contributed by atoms with Gasteiger partial charge in [-0.1, -0.05) is 12.1 Å². The third-order valence-electron chi connectivity index (χ3n) is 6.43. The molecular weight excluding hydrogens is 458 g/mol. The van der Waals surface area contributed by atoms with Crippen LogP contribution in [0.25, 0.3) is 21.6 Å². The number of fused-ring (bicyclic) bond motifs is 1. The van der Waals surface area contributed by atoms with Crippen molar-refractivity contribution in [3.05, 3.63) is 64.2 Å². The monoisotopic (exact) mass is 487 g/mol. The number of pyridine rings is 1. The molecule has 0 spiro atoms. The van der Waals surface area contributed by atoms with Crippen molar-refractivity contribution in [2.75, 3.05) is 18.4 Å². The van der Waals surface area contributed by atoms with Crippen molar-refractivity contribution in [3.8, 4) is 10.6 Å². The van der Waals surface area contributed by atoms with Crippen molar-refractivity contribution < 1.29 is 9.59 Å². The molecule has 1 aliphatic heterocycles. The van der Waals surface area contributed by atoms with E-state index in [-0.39, 0.29) is 17.9 Å². The molecule has 1 N–H and O–H groups in total. The number of nitrogens with one attached hydrogen (secondary N) is 1. The van der Waals surface area contributed by atoms with Crippen LogP contribution in [-0.4, -0.2) is 44.6 Å². The molecule has 35 heavy (non-hydrogen) atoms. The van der Waals surface area contributed by atoms with E-state index in [9.17, 15) is 9.59 Å². The molecule has 8 heteroatoms. The molecule has 4 aromatic rings. The lowest BCUT2D eigenvalue weighted by atomic mass is 10.1. The number of likely N-dealkylation sites (tertiary alicyclic amines) is 1. The van der Waals surface area contributed by atoms with Gasteiger partial charge in [-0.15, -0.1) is 11.3 Å². The second kappa shape index (κ2) is 9.26. The maximum atomic E-state index is 13.7. The quantitative estimate of drug-likeness (QED) is 0.383. The first-order chi connectivity index (χ1) is 16.8. The third-order valence-corrected chi connectivity index (χ3v) is 7.45. The molecule has 5 rings (SSSR count). The van der Waals surface area contributed by atoms with Gasteiger partial charge in [-0.2, -0.15) is 5.10 Å². The largest absolute Gasteiger partial charge is 0.339 e. The Bertz CT molecular complexity index is 1430. The highest BCUT2D eigenvalue weighted by Gasteiger charge is 2.25. The molecule has 0 atom stereocenters. The van der Waals surface area contributed by atoms with Crippen LogP contribution in [0.4, 0.5) is 5.69 Å². The van der Waals surface area contributed by atoms with Gasteiger partial charge in [-0.25, -0.2) is 9.67 Å². The van der Waals surface area contributed by atoms with E-state index >= 15 is 0 Å². The Morgan fingerprint density at radius 3 is 2.51 bits per heavy atom.